The molecule has 2 aliphatic heterocycles. The molecule has 2 saturated heterocycles. The number of carbonyl (C=O) groups excluding carboxylic acids is 2. The van der Waals surface area contributed by atoms with Crippen LogP contribution in [-0.2, 0) is 14.3 Å². The van der Waals surface area contributed by atoms with E-state index in [4.69, 9.17) is 21.3 Å². The third-order valence-corrected chi connectivity index (χ3v) is 6.77. The van der Waals surface area contributed by atoms with E-state index < -0.39 is 6.04 Å². The van der Waals surface area contributed by atoms with Gasteiger partial charge in [-0.3, -0.25) is 9.59 Å². The highest BCUT2D eigenvalue weighted by atomic mass is 35.5. The van der Waals surface area contributed by atoms with E-state index in [0.29, 0.717) is 37.2 Å². The van der Waals surface area contributed by atoms with Crippen LogP contribution in [0.25, 0.3) is 10.2 Å². The summed E-state index contributed by atoms with van der Waals surface area (Å²) in [4.78, 5) is 33.0. The smallest absolute Gasteiger partial charge is 0.247 e. The summed E-state index contributed by atoms with van der Waals surface area (Å²) in [7, 11) is 0. The van der Waals surface area contributed by atoms with Crippen LogP contribution in [0.15, 0.2) is 18.2 Å². The minimum absolute atomic E-state index is 0.000526. The van der Waals surface area contributed by atoms with Gasteiger partial charge in [-0.05, 0) is 31.0 Å². The Balaban J connectivity index is 1.41. The summed E-state index contributed by atoms with van der Waals surface area (Å²) in [6.45, 7) is 4.14. The van der Waals surface area contributed by atoms with E-state index in [2.05, 4.69) is 0 Å². The van der Waals surface area contributed by atoms with Crippen LogP contribution in [0.3, 0.4) is 0 Å². The van der Waals surface area contributed by atoms with Crippen LogP contribution in [0.5, 0.6) is 0 Å². The number of hydrogen-bond donors (Lipinski definition) is 0. The Hall–Kier alpha value is -1.70. The van der Waals surface area contributed by atoms with Gasteiger partial charge in [-0.2, -0.15) is 0 Å². The van der Waals surface area contributed by atoms with E-state index >= 15 is 0 Å². The number of nitrogens with zero attached hydrogens (tertiary/aromatic N) is 3. The molecule has 1 unspecified atom stereocenters. The monoisotopic (exact) mass is 407 g/mol. The van der Waals surface area contributed by atoms with Crippen molar-refractivity contribution in [1.29, 1.82) is 0 Å². The molecule has 0 spiro atoms. The number of likely N-dealkylation sites (tertiary alicyclic amines) is 1. The lowest BCUT2D eigenvalue weighted by molar-refractivity contribution is -0.153. The van der Waals surface area contributed by atoms with Gasteiger partial charge in [-0.15, -0.1) is 11.3 Å². The first kappa shape index (κ1) is 18.7. The summed E-state index contributed by atoms with van der Waals surface area (Å²) >= 11 is 7.77. The highest BCUT2D eigenvalue weighted by Crippen LogP contribution is 2.35. The van der Waals surface area contributed by atoms with Crippen molar-refractivity contribution in [2.75, 3.05) is 32.8 Å². The molecule has 0 aliphatic carbocycles. The molecule has 6 nitrogen and oxygen atoms in total. The highest BCUT2D eigenvalue weighted by molar-refractivity contribution is 7.18. The number of halogens is 1. The van der Waals surface area contributed by atoms with Crippen molar-refractivity contribution in [3.8, 4) is 0 Å². The number of morpholine rings is 1. The zero-order chi connectivity index (χ0) is 19.0. The number of aromatic nitrogens is 1. The zero-order valence-corrected chi connectivity index (χ0v) is 16.8. The number of benzene rings is 1. The fraction of sp³-hybridized carbons (Fsp3) is 0.526. The fourth-order valence-corrected chi connectivity index (χ4v) is 5.12. The summed E-state index contributed by atoms with van der Waals surface area (Å²) in [5.74, 6) is 0.288. The molecule has 0 bridgehead atoms. The van der Waals surface area contributed by atoms with Gasteiger partial charge >= 0.3 is 0 Å². The molecule has 2 amide bonds. The van der Waals surface area contributed by atoms with Crippen LogP contribution >= 0.6 is 22.9 Å². The quantitative estimate of drug-likeness (QED) is 0.767. The molecule has 27 heavy (non-hydrogen) atoms. The summed E-state index contributed by atoms with van der Waals surface area (Å²) < 4.78 is 6.59. The second-order valence-corrected chi connectivity index (χ2v) is 8.57. The summed E-state index contributed by atoms with van der Waals surface area (Å²) in [5, 5.41) is 1.82. The van der Waals surface area contributed by atoms with Gasteiger partial charge in [0.05, 0.1) is 28.4 Å². The van der Waals surface area contributed by atoms with Crippen LogP contribution in [0.2, 0.25) is 5.02 Å². The van der Waals surface area contributed by atoms with E-state index in [1.165, 1.54) is 6.92 Å². The van der Waals surface area contributed by atoms with Crippen molar-refractivity contribution in [3.05, 3.63) is 28.2 Å². The van der Waals surface area contributed by atoms with Crippen molar-refractivity contribution >= 4 is 45.0 Å². The molecule has 2 aliphatic rings. The number of thiazole rings is 1. The molecule has 3 heterocycles. The molecule has 2 fully saturated rings. The molecule has 4 rings (SSSR count). The number of amides is 2. The average molecular weight is 408 g/mol. The Morgan fingerprint density at radius 2 is 2.04 bits per heavy atom. The molecule has 1 aromatic carbocycles. The second-order valence-electron chi connectivity index (χ2n) is 7.07. The lowest BCUT2D eigenvalue weighted by Gasteiger charge is -2.39. The van der Waals surface area contributed by atoms with Crippen LogP contribution in [0.1, 0.15) is 30.7 Å². The van der Waals surface area contributed by atoms with E-state index in [1.54, 1.807) is 16.2 Å². The van der Waals surface area contributed by atoms with Crippen molar-refractivity contribution in [2.45, 2.75) is 31.7 Å². The molecular formula is C19H22ClN3O3S. The molecular weight excluding hydrogens is 386 g/mol. The third-order valence-electron chi connectivity index (χ3n) is 5.34. The molecule has 2 aromatic rings. The van der Waals surface area contributed by atoms with E-state index in [-0.39, 0.29) is 18.4 Å². The molecule has 1 aromatic heterocycles. The Labute approximate surface area is 167 Å². The van der Waals surface area contributed by atoms with Gasteiger partial charge in [0.2, 0.25) is 11.8 Å². The molecule has 8 heteroatoms. The standard InChI is InChI=1S/C19H22ClN3O3S/c1-12(24)23-8-9-26-11-16(23)19(25)22-6-4-13(5-7-22)18-21-15-10-14(20)2-3-17(15)27-18/h2-3,10,13,16H,4-9,11H2,1H3. The molecule has 0 saturated carbocycles. The number of hydrogen-bond acceptors (Lipinski definition) is 5. The zero-order valence-electron chi connectivity index (χ0n) is 15.2. The number of piperidine rings is 1. The maximum absolute atomic E-state index is 12.9. The van der Waals surface area contributed by atoms with Gasteiger partial charge in [0.25, 0.3) is 0 Å². The minimum Gasteiger partial charge on any atom is -0.377 e. The summed E-state index contributed by atoms with van der Waals surface area (Å²) in [6, 6.07) is 5.31. The molecule has 0 radical (unpaired) electrons. The van der Waals surface area contributed by atoms with Crippen LogP contribution < -0.4 is 0 Å². The third kappa shape index (κ3) is 3.81. The summed E-state index contributed by atoms with van der Waals surface area (Å²) in [6.07, 6.45) is 1.76. The van der Waals surface area contributed by atoms with Gasteiger partial charge in [0, 0.05) is 37.5 Å². The van der Waals surface area contributed by atoms with Crippen LogP contribution in [-0.4, -0.2) is 65.5 Å². The summed E-state index contributed by atoms with van der Waals surface area (Å²) in [5.41, 5.74) is 0.942. The van der Waals surface area contributed by atoms with Crippen molar-refractivity contribution < 1.29 is 14.3 Å². The first-order valence-corrected chi connectivity index (χ1v) is 10.4. The van der Waals surface area contributed by atoms with E-state index in [1.807, 2.05) is 23.1 Å². The highest BCUT2D eigenvalue weighted by Gasteiger charge is 2.36. The van der Waals surface area contributed by atoms with Crippen LogP contribution in [0.4, 0.5) is 0 Å². The number of ether oxygens (including phenoxy) is 1. The average Bonchev–Trinajstić information content (AvgIpc) is 3.10. The number of carbonyl (C=O) groups is 2. The van der Waals surface area contributed by atoms with Crippen molar-refractivity contribution in [3.63, 3.8) is 0 Å². The van der Waals surface area contributed by atoms with Gasteiger partial charge in [0.15, 0.2) is 0 Å². The predicted molar refractivity (Wildman–Crippen MR) is 105 cm³/mol. The van der Waals surface area contributed by atoms with E-state index in [0.717, 1.165) is 28.1 Å². The largest absolute Gasteiger partial charge is 0.377 e. The normalized spacial score (nSPS) is 21.6. The first-order chi connectivity index (χ1) is 13.0. The molecule has 1 atom stereocenters. The van der Waals surface area contributed by atoms with Crippen molar-refractivity contribution in [1.82, 2.24) is 14.8 Å². The SMILES string of the molecule is CC(=O)N1CCOCC1C(=O)N1CCC(c2nc3cc(Cl)ccc3s2)CC1. The Morgan fingerprint density at radius 1 is 1.26 bits per heavy atom. The lowest BCUT2D eigenvalue weighted by atomic mass is 9.97. The molecule has 0 N–H and O–H groups in total. The minimum atomic E-state index is -0.489. The maximum atomic E-state index is 12.9. The maximum Gasteiger partial charge on any atom is 0.247 e. The number of rotatable bonds is 2. The van der Waals surface area contributed by atoms with Crippen molar-refractivity contribution in [2.24, 2.45) is 0 Å². The van der Waals surface area contributed by atoms with Crippen LogP contribution in [0, 0.1) is 0 Å². The predicted octanol–water partition coefficient (Wildman–Crippen LogP) is 2.90. The lowest BCUT2D eigenvalue weighted by Crippen LogP contribution is -2.57. The topological polar surface area (TPSA) is 62.7 Å². The van der Waals surface area contributed by atoms with Gasteiger partial charge in [-0.1, -0.05) is 11.6 Å². The van der Waals surface area contributed by atoms with E-state index in [9.17, 15) is 9.59 Å². The molecule has 144 valence electrons. The fourth-order valence-electron chi connectivity index (χ4n) is 3.84. The Bertz CT molecular complexity index is 863. The van der Waals surface area contributed by atoms with Gasteiger partial charge in [0.1, 0.15) is 6.04 Å². The first-order valence-electron chi connectivity index (χ1n) is 9.22. The second kappa shape index (κ2) is 7.73. The van der Waals surface area contributed by atoms with Gasteiger partial charge < -0.3 is 14.5 Å². The van der Waals surface area contributed by atoms with Gasteiger partial charge in [-0.25, -0.2) is 4.98 Å². The Kier molecular flexibility index (Phi) is 5.34. The Morgan fingerprint density at radius 3 is 2.78 bits per heavy atom. The number of fused-ring (bicyclic) bond motifs is 1.